The average Bonchev–Trinajstić information content (AvgIpc) is 3.64. The molecule has 3 heterocycles. The molecule has 2 aliphatic rings. The normalized spacial score (nSPS) is 18.6. The van der Waals surface area contributed by atoms with Gasteiger partial charge < -0.3 is 24.0 Å². The first-order chi connectivity index (χ1) is 18.5. The van der Waals surface area contributed by atoms with Gasteiger partial charge in [0.1, 0.15) is 24.7 Å². The molecule has 2 atom stereocenters. The molecule has 1 saturated heterocycles. The highest BCUT2D eigenvalue weighted by Crippen LogP contribution is 2.34. The van der Waals surface area contributed by atoms with E-state index in [1.807, 2.05) is 60.4 Å². The van der Waals surface area contributed by atoms with Crippen LogP contribution in [0.1, 0.15) is 45.2 Å². The van der Waals surface area contributed by atoms with Crippen molar-refractivity contribution in [1.82, 2.24) is 9.80 Å². The average molecular weight is 535 g/mol. The Balaban J connectivity index is 1.35. The predicted octanol–water partition coefficient (Wildman–Crippen LogP) is 4.89. The highest BCUT2D eigenvalue weighted by atomic mass is 32.1. The number of fused-ring (bicyclic) bond motifs is 1. The van der Waals surface area contributed by atoms with Gasteiger partial charge in [-0.25, -0.2) is 0 Å². The van der Waals surface area contributed by atoms with Crippen molar-refractivity contribution in [2.45, 2.75) is 38.3 Å². The lowest BCUT2D eigenvalue weighted by Gasteiger charge is -2.37. The highest BCUT2D eigenvalue weighted by molar-refractivity contribution is 7.10. The lowest BCUT2D eigenvalue weighted by atomic mass is 10.00. The molecule has 0 bridgehead atoms. The lowest BCUT2D eigenvalue weighted by molar-refractivity contribution is -0.135. The van der Waals surface area contributed by atoms with Crippen LogP contribution in [-0.4, -0.2) is 67.7 Å². The molecule has 5 rings (SSSR count). The third-order valence-corrected chi connectivity index (χ3v) is 8.22. The van der Waals surface area contributed by atoms with Gasteiger partial charge in [0.05, 0.1) is 19.3 Å². The molecule has 2 aliphatic heterocycles. The maximum Gasteiger partial charge on any atom is 0.254 e. The number of carbonyl (C=O) groups is 2. The van der Waals surface area contributed by atoms with E-state index in [0.717, 1.165) is 36.1 Å². The van der Waals surface area contributed by atoms with Crippen LogP contribution in [0.4, 0.5) is 0 Å². The number of hydrogen-bond donors (Lipinski definition) is 0. The Morgan fingerprint density at radius 2 is 1.95 bits per heavy atom. The summed E-state index contributed by atoms with van der Waals surface area (Å²) in [7, 11) is 1.62. The third kappa shape index (κ3) is 6.03. The van der Waals surface area contributed by atoms with Crippen molar-refractivity contribution >= 4 is 23.2 Å². The van der Waals surface area contributed by atoms with E-state index in [2.05, 4.69) is 11.4 Å². The van der Waals surface area contributed by atoms with Gasteiger partial charge in [0, 0.05) is 36.2 Å². The van der Waals surface area contributed by atoms with E-state index in [1.54, 1.807) is 23.3 Å². The molecule has 2 aromatic carbocycles. The summed E-state index contributed by atoms with van der Waals surface area (Å²) in [5.41, 5.74) is 2.79. The van der Waals surface area contributed by atoms with E-state index in [0.29, 0.717) is 37.6 Å². The monoisotopic (exact) mass is 534 g/mol. The van der Waals surface area contributed by atoms with Gasteiger partial charge >= 0.3 is 0 Å². The van der Waals surface area contributed by atoms with E-state index >= 15 is 0 Å². The summed E-state index contributed by atoms with van der Waals surface area (Å²) in [6.45, 7) is 4.00. The number of aryl methyl sites for hydroxylation is 1. The van der Waals surface area contributed by atoms with E-state index < -0.39 is 0 Å². The molecule has 8 heteroatoms. The van der Waals surface area contributed by atoms with Gasteiger partial charge in [-0.1, -0.05) is 23.8 Å². The van der Waals surface area contributed by atoms with Gasteiger partial charge in [-0.15, -0.1) is 11.3 Å². The summed E-state index contributed by atoms with van der Waals surface area (Å²) in [6.07, 6.45) is 2.62. The summed E-state index contributed by atoms with van der Waals surface area (Å²) in [5, 5.41) is 2.07. The molecular weight excluding hydrogens is 500 g/mol. The Bertz CT molecular complexity index is 1250. The number of methoxy groups -OCH3 is 1. The molecule has 0 N–H and O–H groups in total. The number of thiophene rings is 1. The van der Waals surface area contributed by atoms with E-state index in [-0.39, 0.29) is 30.5 Å². The first-order valence-electron chi connectivity index (χ1n) is 13.1. The van der Waals surface area contributed by atoms with Crippen molar-refractivity contribution in [1.29, 1.82) is 0 Å². The van der Waals surface area contributed by atoms with Crippen molar-refractivity contribution in [2.75, 3.05) is 40.0 Å². The maximum atomic E-state index is 13.8. The zero-order chi connectivity index (χ0) is 26.5. The number of ether oxygens (including phenoxy) is 3. The van der Waals surface area contributed by atoms with Crippen LogP contribution in [-0.2, 0) is 16.0 Å². The van der Waals surface area contributed by atoms with E-state index in [9.17, 15) is 9.59 Å². The Morgan fingerprint density at radius 1 is 1.13 bits per heavy atom. The number of carbonyl (C=O) groups excluding carboxylic acids is 2. The first kappa shape index (κ1) is 26.3. The Hall–Kier alpha value is -3.36. The van der Waals surface area contributed by atoms with E-state index in [4.69, 9.17) is 14.2 Å². The van der Waals surface area contributed by atoms with Crippen molar-refractivity contribution in [3.8, 4) is 11.5 Å². The molecule has 0 saturated carbocycles. The summed E-state index contributed by atoms with van der Waals surface area (Å²) in [4.78, 5) is 32.2. The van der Waals surface area contributed by atoms with Crippen molar-refractivity contribution in [3.63, 3.8) is 0 Å². The molecule has 38 heavy (non-hydrogen) atoms. The molecule has 1 aromatic heterocycles. The molecule has 0 spiro atoms. The molecule has 0 unspecified atom stereocenters. The second kappa shape index (κ2) is 12.0. The smallest absolute Gasteiger partial charge is 0.254 e. The number of amides is 2. The second-order valence-corrected chi connectivity index (χ2v) is 10.8. The molecule has 1 fully saturated rings. The van der Waals surface area contributed by atoms with Gasteiger partial charge in [0.25, 0.3) is 5.91 Å². The van der Waals surface area contributed by atoms with Gasteiger partial charge in [0.2, 0.25) is 5.91 Å². The largest absolute Gasteiger partial charge is 0.497 e. The molecule has 0 radical (unpaired) electrons. The standard InChI is InChI=1S/C30H34N2O5S/c1-21-8-10-22(11-9-21)30(34)31(18-25-7-4-15-36-25)19-29(33)32-14-12-28-26(13-16-38-28)27(32)20-37-24-6-3-5-23(17-24)35-2/h3,5-6,8-11,13,16-17,25,27H,4,7,12,14-15,18-20H2,1-2H3/t25-,27+/m1/s1. The highest BCUT2D eigenvalue weighted by Gasteiger charge is 2.34. The van der Waals surface area contributed by atoms with Crippen LogP contribution in [0.2, 0.25) is 0 Å². The molecule has 2 amide bonds. The van der Waals surface area contributed by atoms with Gasteiger partial charge in [0.15, 0.2) is 0 Å². The van der Waals surface area contributed by atoms with Crippen LogP contribution in [0, 0.1) is 6.92 Å². The Kier molecular flexibility index (Phi) is 8.29. The van der Waals surface area contributed by atoms with Gasteiger partial charge in [-0.2, -0.15) is 0 Å². The topological polar surface area (TPSA) is 68.3 Å². The number of benzene rings is 2. The summed E-state index contributed by atoms with van der Waals surface area (Å²) < 4.78 is 17.3. The fourth-order valence-electron chi connectivity index (χ4n) is 5.13. The van der Waals surface area contributed by atoms with E-state index in [1.165, 1.54) is 4.88 Å². The fourth-order valence-corrected chi connectivity index (χ4v) is 6.06. The number of rotatable bonds is 9. The van der Waals surface area contributed by atoms with Gasteiger partial charge in [-0.05, 0) is 67.5 Å². The zero-order valence-corrected chi connectivity index (χ0v) is 22.7. The molecule has 200 valence electrons. The van der Waals surface area contributed by atoms with Crippen molar-refractivity contribution in [3.05, 3.63) is 81.5 Å². The summed E-state index contributed by atoms with van der Waals surface area (Å²) in [5.74, 6) is 1.18. The summed E-state index contributed by atoms with van der Waals surface area (Å²) >= 11 is 1.71. The molecular formula is C30H34N2O5S. The van der Waals surface area contributed by atoms with Gasteiger partial charge in [-0.3, -0.25) is 9.59 Å². The van der Waals surface area contributed by atoms with Crippen molar-refractivity contribution in [2.24, 2.45) is 0 Å². The second-order valence-electron chi connectivity index (χ2n) is 9.83. The Morgan fingerprint density at radius 3 is 2.71 bits per heavy atom. The third-order valence-electron chi connectivity index (χ3n) is 7.22. The SMILES string of the molecule is COc1cccc(OC[C@H]2c3ccsc3CCN2C(=O)CN(C[C@H]2CCCO2)C(=O)c2ccc(C)cc2)c1. The van der Waals surface area contributed by atoms with Crippen molar-refractivity contribution < 1.29 is 23.8 Å². The zero-order valence-electron chi connectivity index (χ0n) is 21.9. The molecule has 3 aromatic rings. The quantitative estimate of drug-likeness (QED) is 0.391. The first-order valence-corrected chi connectivity index (χ1v) is 14.0. The van der Waals surface area contributed by atoms with Crippen LogP contribution in [0.15, 0.2) is 60.0 Å². The fraction of sp³-hybridized carbons (Fsp3) is 0.400. The summed E-state index contributed by atoms with van der Waals surface area (Å²) in [6, 6.07) is 16.8. The number of nitrogens with zero attached hydrogens (tertiary/aromatic N) is 2. The minimum absolute atomic E-state index is 0.00169. The Labute approximate surface area is 227 Å². The molecule has 7 nitrogen and oxygen atoms in total. The number of hydrogen-bond acceptors (Lipinski definition) is 6. The lowest BCUT2D eigenvalue weighted by Crippen LogP contribution is -2.49. The minimum atomic E-state index is -0.234. The maximum absolute atomic E-state index is 13.8. The predicted molar refractivity (Wildman–Crippen MR) is 147 cm³/mol. The van der Waals surface area contributed by atoms with Crippen LogP contribution in [0.5, 0.6) is 11.5 Å². The van der Waals surface area contributed by atoms with Crippen LogP contribution in [0.25, 0.3) is 0 Å². The van der Waals surface area contributed by atoms with Crippen LogP contribution >= 0.6 is 11.3 Å². The van der Waals surface area contributed by atoms with Crippen LogP contribution < -0.4 is 9.47 Å². The molecule has 0 aliphatic carbocycles. The minimum Gasteiger partial charge on any atom is -0.497 e. The van der Waals surface area contributed by atoms with Crippen LogP contribution in [0.3, 0.4) is 0 Å².